The summed E-state index contributed by atoms with van der Waals surface area (Å²) in [6, 6.07) is 3.94. The van der Waals surface area contributed by atoms with E-state index in [1.165, 1.54) is 38.5 Å². The van der Waals surface area contributed by atoms with Crippen molar-refractivity contribution in [3.63, 3.8) is 0 Å². The topological polar surface area (TPSA) is 48.1 Å². The van der Waals surface area contributed by atoms with Crippen LogP contribution in [0.15, 0.2) is 18.3 Å². The fraction of sp³-hybridized carbons (Fsp3) is 0.688. The van der Waals surface area contributed by atoms with Gasteiger partial charge in [-0.3, -0.25) is 0 Å². The van der Waals surface area contributed by atoms with E-state index in [-0.39, 0.29) is 5.60 Å². The number of hydrogen-bond acceptors (Lipinski definition) is 3. The van der Waals surface area contributed by atoms with E-state index < -0.39 is 0 Å². The molecule has 0 saturated heterocycles. The van der Waals surface area contributed by atoms with Crippen LogP contribution in [0, 0.1) is 17.8 Å². The summed E-state index contributed by atoms with van der Waals surface area (Å²) < 4.78 is 6.40. The van der Waals surface area contributed by atoms with Crippen LogP contribution >= 0.6 is 0 Å². The van der Waals surface area contributed by atoms with Gasteiger partial charge in [-0.15, -0.1) is 0 Å². The normalized spacial score (nSPS) is 39.7. The van der Waals surface area contributed by atoms with Gasteiger partial charge in [-0.25, -0.2) is 4.98 Å². The highest BCUT2D eigenvalue weighted by atomic mass is 16.5. The van der Waals surface area contributed by atoms with Gasteiger partial charge < -0.3 is 10.5 Å². The maximum atomic E-state index is 6.40. The Labute approximate surface area is 114 Å². The summed E-state index contributed by atoms with van der Waals surface area (Å²) in [6.07, 6.45) is 10.0. The standard InChI is InChI=1S/C16H22N2O/c17-15-6-11(1-2-18-15)10-19-16-7-12-3-13(8-16)5-14(4-12)9-16/h1-2,6,12-14H,3-5,7-10H2,(H2,17,18). The van der Waals surface area contributed by atoms with Gasteiger partial charge in [0, 0.05) is 6.20 Å². The highest BCUT2D eigenvalue weighted by molar-refractivity contribution is 5.31. The maximum Gasteiger partial charge on any atom is 0.123 e. The zero-order valence-electron chi connectivity index (χ0n) is 11.3. The molecule has 0 aromatic carbocycles. The van der Waals surface area contributed by atoms with Crippen molar-refractivity contribution in [1.29, 1.82) is 0 Å². The summed E-state index contributed by atoms with van der Waals surface area (Å²) in [6.45, 7) is 0.693. The number of nitrogens with two attached hydrogens (primary N) is 1. The molecule has 0 aliphatic heterocycles. The highest BCUT2D eigenvalue weighted by Gasteiger charge is 2.51. The number of nitrogen functional groups attached to an aromatic ring is 1. The molecule has 0 atom stereocenters. The van der Waals surface area contributed by atoms with Gasteiger partial charge in [0.05, 0.1) is 12.2 Å². The van der Waals surface area contributed by atoms with Gasteiger partial charge in [0.2, 0.25) is 0 Å². The molecule has 0 spiro atoms. The zero-order chi connectivity index (χ0) is 12.9. The summed E-state index contributed by atoms with van der Waals surface area (Å²) in [7, 11) is 0. The molecular weight excluding hydrogens is 236 g/mol. The number of pyridine rings is 1. The molecule has 1 aromatic heterocycles. The Kier molecular flexibility index (Phi) is 2.59. The Morgan fingerprint density at radius 3 is 2.37 bits per heavy atom. The Bertz CT molecular complexity index is 450. The van der Waals surface area contributed by atoms with E-state index in [9.17, 15) is 0 Å². The highest BCUT2D eigenvalue weighted by Crippen LogP contribution is 2.57. The van der Waals surface area contributed by atoms with Crippen molar-refractivity contribution in [2.75, 3.05) is 5.73 Å². The first-order chi connectivity index (χ1) is 9.21. The number of hydrogen-bond donors (Lipinski definition) is 1. The van der Waals surface area contributed by atoms with Gasteiger partial charge in [-0.2, -0.15) is 0 Å². The molecule has 2 N–H and O–H groups in total. The van der Waals surface area contributed by atoms with Crippen molar-refractivity contribution in [3.05, 3.63) is 23.9 Å². The minimum atomic E-state index is 0.187. The molecule has 4 aliphatic carbocycles. The molecule has 4 aliphatic rings. The van der Waals surface area contributed by atoms with Crippen LogP contribution in [0.4, 0.5) is 5.82 Å². The molecule has 19 heavy (non-hydrogen) atoms. The molecular formula is C16H22N2O. The van der Waals surface area contributed by atoms with Gasteiger partial charge >= 0.3 is 0 Å². The fourth-order valence-corrected chi connectivity index (χ4v) is 5.03. The Morgan fingerprint density at radius 1 is 1.16 bits per heavy atom. The molecule has 0 unspecified atom stereocenters. The van der Waals surface area contributed by atoms with Crippen molar-refractivity contribution >= 4 is 5.82 Å². The number of rotatable bonds is 3. The molecule has 4 fully saturated rings. The van der Waals surface area contributed by atoms with Gasteiger partial charge in [0.15, 0.2) is 0 Å². The second-order valence-corrected chi connectivity index (χ2v) is 6.98. The van der Waals surface area contributed by atoms with Gasteiger partial charge in [-0.1, -0.05) is 0 Å². The zero-order valence-corrected chi connectivity index (χ0v) is 11.3. The Balaban J connectivity index is 1.48. The van der Waals surface area contributed by atoms with Gasteiger partial charge in [0.1, 0.15) is 5.82 Å². The largest absolute Gasteiger partial charge is 0.384 e. The fourth-order valence-electron chi connectivity index (χ4n) is 5.03. The molecule has 0 radical (unpaired) electrons. The van der Waals surface area contributed by atoms with E-state index >= 15 is 0 Å². The second-order valence-electron chi connectivity index (χ2n) is 6.98. The average molecular weight is 258 g/mol. The van der Waals surface area contributed by atoms with Crippen LogP contribution in [0.2, 0.25) is 0 Å². The lowest BCUT2D eigenvalue weighted by atomic mass is 9.54. The van der Waals surface area contributed by atoms with Crippen molar-refractivity contribution in [2.24, 2.45) is 17.8 Å². The molecule has 4 saturated carbocycles. The molecule has 102 valence electrons. The first-order valence-corrected chi connectivity index (χ1v) is 7.55. The van der Waals surface area contributed by atoms with Crippen LogP contribution in [0.25, 0.3) is 0 Å². The molecule has 4 bridgehead atoms. The number of nitrogens with zero attached hydrogens (tertiary/aromatic N) is 1. The molecule has 1 heterocycles. The van der Waals surface area contributed by atoms with E-state index in [2.05, 4.69) is 4.98 Å². The van der Waals surface area contributed by atoms with Crippen molar-refractivity contribution in [2.45, 2.75) is 50.7 Å². The molecule has 3 nitrogen and oxygen atoms in total. The lowest BCUT2D eigenvalue weighted by Crippen LogP contribution is -2.51. The van der Waals surface area contributed by atoms with Crippen molar-refractivity contribution in [3.8, 4) is 0 Å². The molecule has 0 amide bonds. The summed E-state index contributed by atoms with van der Waals surface area (Å²) in [5.74, 6) is 3.41. The monoisotopic (exact) mass is 258 g/mol. The molecule has 1 aromatic rings. The van der Waals surface area contributed by atoms with E-state index in [0.29, 0.717) is 12.4 Å². The SMILES string of the molecule is Nc1cc(COC23CC4CC(CC(C4)C2)C3)ccn1. The third kappa shape index (κ3) is 2.14. The van der Waals surface area contributed by atoms with E-state index in [1.807, 2.05) is 12.1 Å². The van der Waals surface area contributed by atoms with E-state index in [4.69, 9.17) is 10.5 Å². The first-order valence-electron chi connectivity index (χ1n) is 7.55. The summed E-state index contributed by atoms with van der Waals surface area (Å²) >= 11 is 0. The van der Waals surface area contributed by atoms with Gasteiger partial charge in [-0.05, 0) is 74.0 Å². The Hall–Kier alpha value is -1.09. The minimum Gasteiger partial charge on any atom is -0.384 e. The average Bonchev–Trinajstić information content (AvgIpc) is 2.35. The maximum absolute atomic E-state index is 6.40. The van der Waals surface area contributed by atoms with Crippen LogP contribution in [0.5, 0.6) is 0 Å². The summed E-state index contributed by atoms with van der Waals surface area (Å²) in [5.41, 5.74) is 7.07. The predicted molar refractivity (Wildman–Crippen MR) is 74.3 cm³/mol. The smallest absolute Gasteiger partial charge is 0.123 e. The minimum absolute atomic E-state index is 0.187. The van der Waals surface area contributed by atoms with E-state index in [1.54, 1.807) is 6.20 Å². The van der Waals surface area contributed by atoms with Crippen molar-refractivity contribution in [1.82, 2.24) is 4.98 Å². The molecule has 3 heteroatoms. The third-order valence-corrected chi connectivity index (χ3v) is 5.37. The molecule has 5 rings (SSSR count). The number of ether oxygens (including phenoxy) is 1. The first kappa shape index (κ1) is 11.7. The Morgan fingerprint density at radius 2 is 1.79 bits per heavy atom. The summed E-state index contributed by atoms with van der Waals surface area (Å²) in [5, 5.41) is 0. The van der Waals surface area contributed by atoms with Crippen LogP contribution < -0.4 is 5.73 Å². The third-order valence-electron chi connectivity index (χ3n) is 5.37. The van der Waals surface area contributed by atoms with Crippen molar-refractivity contribution < 1.29 is 4.74 Å². The number of aromatic nitrogens is 1. The van der Waals surface area contributed by atoms with Gasteiger partial charge in [0.25, 0.3) is 0 Å². The van der Waals surface area contributed by atoms with Crippen LogP contribution in [0.1, 0.15) is 44.1 Å². The second kappa shape index (κ2) is 4.20. The van der Waals surface area contributed by atoms with Crippen LogP contribution in [-0.2, 0) is 11.3 Å². The predicted octanol–water partition coefficient (Wildman–Crippen LogP) is 3.15. The lowest BCUT2D eigenvalue weighted by Gasteiger charge is -2.56. The lowest BCUT2D eigenvalue weighted by molar-refractivity contribution is -0.168. The van der Waals surface area contributed by atoms with Crippen LogP contribution in [0.3, 0.4) is 0 Å². The van der Waals surface area contributed by atoms with E-state index in [0.717, 1.165) is 23.3 Å². The van der Waals surface area contributed by atoms with Crippen LogP contribution in [-0.4, -0.2) is 10.6 Å². The number of anilines is 1. The summed E-state index contributed by atoms with van der Waals surface area (Å²) in [4.78, 5) is 4.04. The quantitative estimate of drug-likeness (QED) is 0.906.